The van der Waals surface area contributed by atoms with Gasteiger partial charge in [-0.2, -0.15) is 0 Å². The van der Waals surface area contributed by atoms with Gasteiger partial charge >= 0.3 is 0 Å². The molecular weight excluding hydrogens is 144 g/mol. The molecule has 0 radical (unpaired) electrons. The molecule has 0 N–H and O–H groups in total. The van der Waals surface area contributed by atoms with Crippen LogP contribution in [0.15, 0.2) is 11.8 Å². The first-order valence-electron chi connectivity index (χ1n) is 3.55. The van der Waals surface area contributed by atoms with Crippen LogP contribution in [0.4, 0.5) is 0 Å². The van der Waals surface area contributed by atoms with Gasteiger partial charge in [0.1, 0.15) is 10.5 Å². The van der Waals surface area contributed by atoms with E-state index in [0.717, 1.165) is 10.5 Å². The Morgan fingerprint density at radius 1 is 1.67 bits per heavy atom. The average Bonchev–Trinajstić information content (AvgIpc) is 1.89. The Bertz CT molecular complexity index is 73.5. The Kier molecular flexibility index (Phi) is 8.25. The van der Waals surface area contributed by atoms with E-state index in [4.69, 9.17) is 4.12 Å². The van der Waals surface area contributed by atoms with Crippen LogP contribution in [0.1, 0.15) is 26.2 Å². The fourth-order valence-electron chi connectivity index (χ4n) is 0.604. The normalized spacial score (nSPS) is 12.6. The van der Waals surface area contributed by atoms with Crippen molar-refractivity contribution in [3.05, 3.63) is 11.8 Å². The van der Waals surface area contributed by atoms with Crippen molar-refractivity contribution in [2.45, 2.75) is 26.2 Å². The third-order valence-electron chi connectivity index (χ3n) is 1.15. The van der Waals surface area contributed by atoms with Crippen molar-refractivity contribution in [3.63, 3.8) is 0 Å². The van der Waals surface area contributed by atoms with E-state index in [2.05, 4.69) is 18.7 Å². The molecule has 0 spiro atoms. The number of hydrogen-bond donors (Lipinski definition) is 0. The predicted molar refractivity (Wildman–Crippen MR) is 48.2 cm³/mol. The van der Waals surface area contributed by atoms with Crippen LogP contribution >= 0.6 is 0 Å². The summed E-state index contributed by atoms with van der Waals surface area (Å²) in [6.07, 6.45) is 6.13. The van der Waals surface area contributed by atoms with Gasteiger partial charge in [0.25, 0.3) is 0 Å². The summed E-state index contributed by atoms with van der Waals surface area (Å²) < 4.78 is 5.11. The van der Waals surface area contributed by atoms with Crippen LogP contribution in [0.2, 0.25) is 0 Å². The molecule has 0 aliphatic carbocycles. The molecule has 0 rings (SSSR count). The molecule has 0 fully saturated rings. The molecule has 0 aliphatic heterocycles. The van der Waals surface area contributed by atoms with Crippen molar-refractivity contribution in [2.24, 2.45) is 0 Å². The molecule has 0 aliphatic rings. The van der Waals surface area contributed by atoms with E-state index in [1.807, 2.05) is 0 Å². The summed E-state index contributed by atoms with van der Waals surface area (Å²) in [5, 5.41) is 0. The number of rotatable bonds is 5. The first kappa shape index (κ1) is 9.13. The number of allylic oxidation sites excluding steroid dienone is 1. The first-order chi connectivity index (χ1) is 4.41. The van der Waals surface area contributed by atoms with Crippen LogP contribution in [-0.4, -0.2) is 20.2 Å². The van der Waals surface area contributed by atoms with E-state index < -0.39 is 0 Å². The van der Waals surface area contributed by atoms with Gasteiger partial charge in [0.15, 0.2) is 9.76 Å². The summed E-state index contributed by atoms with van der Waals surface area (Å²) in [6.45, 7) is 2.22. The lowest BCUT2D eigenvalue weighted by Gasteiger charge is -1.88. The molecule has 0 aromatic heterocycles. The molecule has 0 amide bonds. The van der Waals surface area contributed by atoms with Gasteiger partial charge in [-0.3, -0.25) is 0 Å². The SMILES string of the molecule is CCCCC=C[SiH2]O[SiH3]. The third-order valence-corrected chi connectivity index (χ3v) is 3.01. The second-order valence-corrected chi connectivity index (χ2v) is 5.18. The van der Waals surface area contributed by atoms with E-state index in [0.29, 0.717) is 0 Å². The van der Waals surface area contributed by atoms with Crippen molar-refractivity contribution in [2.75, 3.05) is 0 Å². The fourth-order valence-corrected chi connectivity index (χ4v) is 1.75. The van der Waals surface area contributed by atoms with Crippen LogP contribution in [0, 0.1) is 0 Å². The molecule has 3 heteroatoms. The summed E-state index contributed by atoms with van der Waals surface area (Å²) in [5.74, 6) is 0. The molecule has 1 nitrogen and oxygen atoms in total. The molecule has 54 valence electrons. The maximum atomic E-state index is 5.11. The first-order valence-corrected chi connectivity index (χ1v) is 5.76. The predicted octanol–water partition coefficient (Wildman–Crippen LogP) is 0.0711. The molecule has 0 saturated heterocycles. The molecule has 0 saturated carbocycles. The van der Waals surface area contributed by atoms with Crippen LogP contribution in [0.5, 0.6) is 0 Å². The summed E-state index contributed by atoms with van der Waals surface area (Å²) in [5.41, 5.74) is 2.24. The van der Waals surface area contributed by atoms with Crippen LogP contribution in [0.25, 0.3) is 0 Å². The molecule has 9 heavy (non-hydrogen) atoms. The smallest absolute Gasteiger partial charge is 0.170 e. The highest BCUT2D eigenvalue weighted by molar-refractivity contribution is 6.39. The summed E-state index contributed by atoms with van der Waals surface area (Å²) in [6, 6.07) is 0. The van der Waals surface area contributed by atoms with Gasteiger partial charge in [0.2, 0.25) is 0 Å². The Morgan fingerprint density at radius 3 is 3.00 bits per heavy atom. The Hall–Kier alpha value is 0.134. The monoisotopic (exact) mass is 160 g/mol. The van der Waals surface area contributed by atoms with Gasteiger partial charge in [-0.1, -0.05) is 31.5 Å². The van der Waals surface area contributed by atoms with Gasteiger partial charge in [0.05, 0.1) is 0 Å². The van der Waals surface area contributed by atoms with Crippen molar-refractivity contribution in [3.8, 4) is 0 Å². The van der Waals surface area contributed by atoms with Gasteiger partial charge in [-0.05, 0) is 6.42 Å². The zero-order valence-corrected chi connectivity index (χ0v) is 9.81. The van der Waals surface area contributed by atoms with Gasteiger partial charge in [0, 0.05) is 0 Å². The van der Waals surface area contributed by atoms with E-state index in [9.17, 15) is 0 Å². The lowest BCUT2D eigenvalue weighted by molar-refractivity contribution is 0.675. The third kappa shape index (κ3) is 8.13. The minimum absolute atomic E-state index is 0.225. The minimum atomic E-state index is -0.225. The molecule has 0 atom stereocenters. The van der Waals surface area contributed by atoms with E-state index in [1.165, 1.54) is 19.3 Å². The van der Waals surface area contributed by atoms with Crippen LogP contribution < -0.4 is 0 Å². The molecule has 0 bridgehead atoms. The quantitative estimate of drug-likeness (QED) is 0.409. The highest BCUT2D eigenvalue weighted by Gasteiger charge is 1.76. The number of hydrogen-bond acceptors (Lipinski definition) is 1. The summed E-state index contributed by atoms with van der Waals surface area (Å²) >= 11 is 0. The van der Waals surface area contributed by atoms with E-state index in [-0.39, 0.29) is 9.76 Å². The van der Waals surface area contributed by atoms with E-state index in [1.54, 1.807) is 0 Å². The Labute approximate surface area is 63.0 Å². The second-order valence-electron chi connectivity index (χ2n) is 2.07. The second kappa shape index (κ2) is 8.13. The molecule has 0 aromatic carbocycles. The Balaban J connectivity index is 2.86. The highest BCUT2D eigenvalue weighted by Crippen LogP contribution is 1.93. The highest BCUT2D eigenvalue weighted by atomic mass is 28.3. The standard InChI is InChI=1S/C6H16OSi2/c1-2-3-4-5-6-9-7-8/h5-6H,2-4,9H2,1,8H3. The van der Waals surface area contributed by atoms with Gasteiger partial charge in [-0.15, -0.1) is 0 Å². The van der Waals surface area contributed by atoms with Crippen molar-refractivity contribution >= 4 is 20.2 Å². The maximum Gasteiger partial charge on any atom is 0.170 e. The lowest BCUT2D eigenvalue weighted by Crippen LogP contribution is -1.87. The maximum absolute atomic E-state index is 5.11. The van der Waals surface area contributed by atoms with Crippen molar-refractivity contribution in [1.29, 1.82) is 0 Å². The zero-order chi connectivity index (χ0) is 6.95. The largest absolute Gasteiger partial charge is 0.465 e. The van der Waals surface area contributed by atoms with E-state index >= 15 is 0 Å². The lowest BCUT2D eigenvalue weighted by atomic mass is 10.2. The fraction of sp³-hybridized carbons (Fsp3) is 0.667. The van der Waals surface area contributed by atoms with Crippen molar-refractivity contribution < 1.29 is 4.12 Å². The van der Waals surface area contributed by atoms with Crippen LogP contribution in [0.3, 0.4) is 0 Å². The molecule has 0 heterocycles. The van der Waals surface area contributed by atoms with Gasteiger partial charge < -0.3 is 4.12 Å². The molecular formula is C6H16OSi2. The average molecular weight is 160 g/mol. The topological polar surface area (TPSA) is 9.23 Å². The van der Waals surface area contributed by atoms with Crippen LogP contribution in [-0.2, 0) is 4.12 Å². The summed E-state index contributed by atoms with van der Waals surface area (Å²) in [4.78, 5) is 0. The zero-order valence-electron chi connectivity index (χ0n) is 6.39. The minimum Gasteiger partial charge on any atom is -0.465 e. The van der Waals surface area contributed by atoms with Crippen molar-refractivity contribution in [1.82, 2.24) is 0 Å². The Morgan fingerprint density at radius 2 is 2.44 bits per heavy atom. The summed E-state index contributed by atoms with van der Waals surface area (Å²) in [7, 11) is 0.694. The molecule has 0 aromatic rings. The molecule has 0 unspecified atom stereocenters. The van der Waals surface area contributed by atoms with Gasteiger partial charge in [-0.25, -0.2) is 0 Å². The number of unbranched alkanes of at least 4 members (excludes halogenated alkanes) is 2.